The standard InChI is InChI=1S/C15H19NO3/c1-4-9-16(3)12(2)10-13-5-7-14(8-6-13)19-11-15(17)18/h1,5-8,12H,9-11H2,2-3H3,(H,17,18)/t12-/m1/s1. The molecule has 0 fully saturated rings. The maximum Gasteiger partial charge on any atom is 0.341 e. The van der Waals surface area contributed by atoms with Gasteiger partial charge in [0.1, 0.15) is 5.75 Å². The molecule has 0 aliphatic carbocycles. The molecule has 1 aromatic rings. The van der Waals surface area contributed by atoms with Crippen LogP contribution in [-0.2, 0) is 11.2 Å². The van der Waals surface area contributed by atoms with E-state index in [1.54, 1.807) is 12.1 Å². The number of benzene rings is 1. The van der Waals surface area contributed by atoms with Crippen LogP contribution in [0.1, 0.15) is 12.5 Å². The van der Waals surface area contributed by atoms with Crippen LogP contribution in [0.25, 0.3) is 0 Å². The number of ether oxygens (including phenoxy) is 1. The Labute approximate surface area is 114 Å². The zero-order valence-corrected chi connectivity index (χ0v) is 11.3. The number of hydrogen-bond donors (Lipinski definition) is 1. The van der Waals surface area contributed by atoms with Crippen LogP contribution in [0.5, 0.6) is 5.75 Å². The number of aliphatic carboxylic acids is 1. The topological polar surface area (TPSA) is 49.8 Å². The minimum Gasteiger partial charge on any atom is -0.482 e. The smallest absolute Gasteiger partial charge is 0.341 e. The lowest BCUT2D eigenvalue weighted by Gasteiger charge is -2.22. The summed E-state index contributed by atoms with van der Waals surface area (Å²) in [6, 6.07) is 7.80. The summed E-state index contributed by atoms with van der Waals surface area (Å²) < 4.78 is 5.08. The van der Waals surface area contributed by atoms with E-state index in [1.165, 1.54) is 5.56 Å². The number of carboxylic acid groups (broad SMARTS) is 1. The Morgan fingerprint density at radius 2 is 2.11 bits per heavy atom. The molecule has 1 atom stereocenters. The average Bonchev–Trinajstić information content (AvgIpc) is 2.38. The third-order valence-electron chi connectivity index (χ3n) is 2.91. The lowest BCUT2D eigenvalue weighted by molar-refractivity contribution is -0.139. The molecule has 0 radical (unpaired) electrons. The van der Waals surface area contributed by atoms with E-state index in [0.717, 1.165) is 6.42 Å². The first-order valence-corrected chi connectivity index (χ1v) is 6.10. The van der Waals surface area contributed by atoms with E-state index in [1.807, 2.05) is 19.2 Å². The molecule has 1 rings (SSSR count). The zero-order chi connectivity index (χ0) is 14.3. The van der Waals surface area contributed by atoms with Crippen LogP contribution in [0.3, 0.4) is 0 Å². The van der Waals surface area contributed by atoms with E-state index < -0.39 is 5.97 Å². The Morgan fingerprint density at radius 1 is 1.47 bits per heavy atom. The van der Waals surface area contributed by atoms with Crippen molar-refractivity contribution in [2.75, 3.05) is 20.2 Å². The molecule has 0 saturated carbocycles. The largest absolute Gasteiger partial charge is 0.482 e. The molecule has 0 spiro atoms. The molecule has 4 nitrogen and oxygen atoms in total. The van der Waals surface area contributed by atoms with Crippen LogP contribution in [0.4, 0.5) is 0 Å². The summed E-state index contributed by atoms with van der Waals surface area (Å²) in [5, 5.41) is 8.51. The Morgan fingerprint density at radius 3 is 2.63 bits per heavy atom. The van der Waals surface area contributed by atoms with Gasteiger partial charge in [0.05, 0.1) is 6.54 Å². The molecular formula is C15H19NO3. The first kappa shape index (κ1) is 15.1. The third-order valence-corrected chi connectivity index (χ3v) is 2.91. The van der Waals surface area contributed by atoms with Crippen LogP contribution in [0, 0.1) is 12.3 Å². The number of rotatable bonds is 7. The quantitative estimate of drug-likeness (QED) is 0.758. The van der Waals surface area contributed by atoms with Crippen molar-refractivity contribution in [2.24, 2.45) is 0 Å². The minimum atomic E-state index is -0.978. The van der Waals surface area contributed by atoms with E-state index in [9.17, 15) is 4.79 Å². The van der Waals surface area contributed by atoms with Crippen molar-refractivity contribution in [1.82, 2.24) is 4.90 Å². The first-order valence-electron chi connectivity index (χ1n) is 6.10. The van der Waals surface area contributed by atoms with Crippen molar-refractivity contribution in [3.05, 3.63) is 29.8 Å². The molecule has 0 aromatic heterocycles. The van der Waals surface area contributed by atoms with Gasteiger partial charge in [0.2, 0.25) is 0 Å². The number of nitrogens with zero attached hydrogens (tertiary/aromatic N) is 1. The van der Waals surface area contributed by atoms with Crippen molar-refractivity contribution in [3.8, 4) is 18.1 Å². The van der Waals surface area contributed by atoms with Gasteiger partial charge < -0.3 is 9.84 Å². The van der Waals surface area contributed by atoms with Crippen LogP contribution in [0.2, 0.25) is 0 Å². The van der Waals surface area contributed by atoms with E-state index in [4.69, 9.17) is 16.3 Å². The SMILES string of the molecule is C#CCN(C)[C@H](C)Cc1ccc(OCC(=O)O)cc1. The second kappa shape index (κ2) is 7.45. The molecule has 0 bridgehead atoms. The molecule has 4 heteroatoms. The maximum atomic E-state index is 10.4. The molecule has 0 unspecified atom stereocenters. The zero-order valence-electron chi connectivity index (χ0n) is 11.3. The maximum absolute atomic E-state index is 10.4. The average molecular weight is 261 g/mol. The summed E-state index contributed by atoms with van der Waals surface area (Å²) in [7, 11) is 1.99. The van der Waals surface area contributed by atoms with E-state index in [0.29, 0.717) is 18.3 Å². The van der Waals surface area contributed by atoms with Gasteiger partial charge >= 0.3 is 5.97 Å². The predicted octanol–water partition coefficient (Wildman–Crippen LogP) is 1.65. The minimum absolute atomic E-state index is 0.319. The van der Waals surface area contributed by atoms with Crippen LogP contribution in [0.15, 0.2) is 24.3 Å². The summed E-state index contributed by atoms with van der Waals surface area (Å²) in [5.74, 6) is 2.21. The van der Waals surface area contributed by atoms with Gasteiger partial charge in [0, 0.05) is 6.04 Å². The number of terminal acetylenes is 1. The van der Waals surface area contributed by atoms with E-state index in [-0.39, 0.29) is 6.61 Å². The number of likely N-dealkylation sites (N-methyl/N-ethyl adjacent to an activating group) is 1. The van der Waals surface area contributed by atoms with Crippen LogP contribution in [-0.4, -0.2) is 42.2 Å². The monoisotopic (exact) mass is 261 g/mol. The molecule has 0 aliphatic rings. The first-order chi connectivity index (χ1) is 9.02. The summed E-state index contributed by atoms with van der Waals surface area (Å²) >= 11 is 0. The van der Waals surface area contributed by atoms with Crippen molar-refractivity contribution < 1.29 is 14.6 Å². The molecule has 0 amide bonds. The van der Waals surface area contributed by atoms with Gasteiger partial charge in [-0.1, -0.05) is 18.1 Å². The van der Waals surface area contributed by atoms with Crippen molar-refractivity contribution in [2.45, 2.75) is 19.4 Å². The van der Waals surface area contributed by atoms with Gasteiger partial charge in [-0.2, -0.15) is 0 Å². The van der Waals surface area contributed by atoms with Crippen molar-refractivity contribution in [3.63, 3.8) is 0 Å². The second-order valence-corrected chi connectivity index (χ2v) is 4.50. The van der Waals surface area contributed by atoms with Gasteiger partial charge in [0.25, 0.3) is 0 Å². The highest BCUT2D eigenvalue weighted by Crippen LogP contribution is 2.14. The third kappa shape index (κ3) is 5.45. The number of hydrogen-bond acceptors (Lipinski definition) is 3. The Kier molecular flexibility index (Phi) is 5.91. The fourth-order valence-electron chi connectivity index (χ4n) is 1.66. The number of carboxylic acids is 1. The molecule has 102 valence electrons. The summed E-state index contributed by atoms with van der Waals surface area (Å²) in [6.07, 6.45) is 6.17. The van der Waals surface area contributed by atoms with Gasteiger partial charge in [0.15, 0.2) is 6.61 Å². The Hall–Kier alpha value is -1.99. The fourth-order valence-corrected chi connectivity index (χ4v) is 1.66. The lowest BCUT2D eigenvalue weighted by atomic mass is 10.1. The summed E-state index contributed by atoms with van der Waals surface area (Å²) in [5.41, 5.74) is 1.17. The Bertz CT molecular complexity index is 447. The van der Waals surface area contributed by atoms with Crippen LogP contribution >= 0.6 is 0 Å². The Balaban J connectivity index is 2.52. The van der Waals surface area contributed by atoms with Crippen molar-refractivity contribution >= 4 is 5.97 Å². The van der Waals surface area contributed by atoms with E-state index in [2.05, 4.69) is 17.7 Å². The lowest BCUT2D eigenvalue weighted by Crippen LogP contribution is -2.31. The number of carbonyl (C=O) groups is 1. The highest BCUT2D eigenvalue weighted by atomic mass is 16.5. The van der Waals surface area contributed by atoms with Gasteiger partial charge in [-0.25, -0.2) is 4.79 Å². The van der Waals surface area contributed by atoms with Crippen LogP contribution < -0.4 is 4.74 Å². The highest BCUT2D eigenvalue weighted by Gasteiger charge is 2.09. The molecular weight excluding hydrogens is 242 g/mol. The molecule has 1 N–H and O–H groups in total. The van der Waals surface area contributed by atoms with Gasteiger partial charge in [-0.15, -0.1) is 6.42 Å². The summed E-state index contributed by atoms with van der Waals surface area (Å²) in [4.78, 5) is 12.5. The van der Waals surface area contributed by atoms with Crippen molar-refractivity contribution in [1.29, 1.82) is 0 Å². The van der Waals surface area contributed by atoms with Gasteiger partial charge in [-0.05, 0) is 38.1 Å². The van der Waals surface area contributed by atoms with Gasteiger partial charge in [-0.3, -0.25) is 4.90 Å². The fraction of sp³-hybridized carbons (Fsp3) is 0.400. The molecule has 0 aliphatic heterocycles. The molecule has 0 heterocycles. The molecule has 1 aromatic carbocycles. The van der Waals surface area contributed by atoms with E-state index >= 15 is 0 Å². The predicted molar refractivity (Wildman–Crippen MR) is 74.2 cm³/mol. The molecule has 0 saturated heterocycles. The molecule has 19 heavy (non-hydrogen) atoms. The second-order valence-electron chi connectivity index (χ2n) is 4.50. The normalized spacial score (nSPS) is 11.9. The summed E-state index contributed by atoms with van der Waals surface area (Å²) in [6.45, 7) is 2.42. The highest BCUT2D eigenvalue weighted by molar-refractivity contribution is 5.68.